The van der Waals surface area contributed by atoms with Gasteiger partial charge in [0.05, 0.1) is 12.7 Å². The van der Waals surface area contributed by atoms with E-state index in [2.05, 4.69) is 53.2 Å². The summed E-state index contributed by atoms with van der Waals surface area (Å²) in [7, 11) is 1.79. The highest BCUT2D eigenvalue weighted by Gasteiger charge is 2.19. The Morgan fingerprint density at radius 2 is 2.07 bits per heavy atom. The Morgan fingerprint density at radius 1 is 1.30 bits per heavy atom. The van der Waals surface area contributed by atoms with Gasteiger partial charge in [-0.2, -0.15) is 0 Å². The number of aliphatic imine (C=N–C) groups is 1. The molecule has 1 saturated heterocycles. The van der Waals surface area contributed by atoms with Crippen molar-refractivity contribution in [3.63, 3.8) is 0 Å². The number of nitrogens with zero attached hydrogens (tertiary/aromatic N) is 3. The molecule has 0 spiro atoms. The average Bonchev–Trinajstić information content (AvgIpc) is 3.08. The molecule has 1 aromatic rings. The molecule has 156 valence electrons. The van der Waals surface area contributed by atoms with Gasteiger partial charge < -0.3 is 20.0 Å². The lowest BCUT2D eigenvalue weighted by molar-refractivity contribution is 0.158. The Labute approximate surface area is 182 Å². The summed E-state index contributed by atoms with van der Waals surface area (Å²) in [5, 5.41) is 6.65. The van der Waals surface area contributed by atoms with E-state index in [1.54, 1.807) is 7.05 Å². The summed E-state index contributed by atoms with van der Waals surface area (Å²) in [6.45, 7) is 12.7. The standard InChI is InChI=1S/C20H37N5O.HI/c1-16-10-6-8-12-25(16)13-9-7-11-22-19(21-5)24-15-18-23-14-17(26-18)20(2,3)4;/h14,16H,6-13,15H2,1-5H3,(H2,21,22,24);1H. The van der Waals surface area contributed by atoms with Gasteiger partial charge in [-0.1, -0.05) is 27.2 Å². The molecule has 1 aromatic heterocycles. The highest BCUT2D eigenvalue weighted by molar-refractivity contribution is 14.0. The SMILES string of the molecule is CN=C(NCCCCN1CCCCC1C)NCc1ncc(C(C)(C)C)o1.I. The molecule has 2 heterocycles. The number of halogens is 1. The summed E-state index contributed by atoms with van der Waals surface area (Å²) in [5.74, 6) is 2.40. The molecule has 7 heteroatoms. The quantitative estimate of drug-likeness (QED) is 0.262. The molecule has 6 nitrogen and oxygen atoms in total. The predicted octanol–water partition coefficient (Wildman–Crippen LogP) is 3.91. The van der Waals surface area contributed by atoms with Crippen molar-refractivity contribution in [2.45, 2.75) is 77.8 Å². The summed E-state index contributed by atoms with van der Waals surface area (Å²) >= 11 is 0. The molecule has 1 atom stereocenters. The van der Waals surface area contributed by atoms with E-state index in [9.17, 15) is 0 Å². The Bertz CT molecular complexity index is 567. The minimum atomic E-state index is -0.0168. The third kappa shape index (κ3) is 8.37. The van der Waals surface area contributed by atoms with Crippen LogP contribution >= 0.6 is 24.0 Å². The Morgan fingerprint density at radius 3 is 2.70 bits per heavy atom. The van der Waals surface area contributed by atoms with Crippen LogP contribution in [0, 0.1) is 0 Å². The smallest absolute Gasteiger partial charge is 0.213 e. The molecular weight excluding hydrogens is 453 g/mol. The molecule has 2 rings (SSSR count). The molecule has 0 saturated carbocycles. The minimum absolute atomic E-state index is 0. The fourth-order valence-electron chi connectivity index (χ4n) is 3.26. The summed E-state index contributed by atoms with van der Waals surface area (Å²) in [4.78, 5) is 11.2. The van der Waals surface area contributed by atoms with Crippen LogP contribution in [0.15, 0.2) is 15.6 Å². The number of unbranched alkanes of at least 4 members (excludes halogenated alkanes) is 1. The maximum atomic E-state index is 5.80. The first-order valence-electron chi connectivity index (χ1n) is 10.0. The molecule has 0 aliphatic carbocycles. The van der Waals surface area contributed by atoms with Crippen molar-refractivity contribution in [2.75, 3.05) is 26.7 Å². The van der Waals surface area contributed by atoms with Crippen molar-refractivity contribution in [1.29, 1.82) is 0 Å². The molecule has 27 heavy (non-hydrogen) atoms. The van der Waals surface area contributed by atoms with Gasteiger partial charge in [-0.3, -0.25) is 4.99 Å². The van der Waals surface area contributed by atoms with Crippen LogP contribution in [0.5, 0.6) is 0 Å². The molecule has 0 bridgehead atoms. The van der Waals surface area contributed by atoms with Gasteiger partial charge in [0.15, 0.2) is 5.96 Å². The fraction of sp³-hybridized carbons (Fsp3) is 0.800. The molecule has 0 amide bonds. The number of piperidine rings is 1. The van der Waals surface area contributed by atoms with Crippen LogP contribution in [0.25, 0.3) is 0 Å². The van der Waals surface area contributed by atoms with Crippen LogP contribution < -0.4 is 10.6 Å². The maximum Gasteiger partial charge on any atom is 0.213 e. The van der Waals surface area contributed by atoms with Crippen molar-refractivity contribution in [1.82, 2.24) is 20.5 Å². The minimum Gasteiger partial charge on any atom is -0.443 e. The van der Waals surface area contributed by atoms with E-state index in [0.29, 0.717) is 12.4 Å². The van der Waals surface area contributed by atoms with E-state index >= 15 is 0 Å². The number of rotatable bonds is 7. The second-order valence-electron chi connectivity index (χ2n) is 8.31. The summed E-state index contributed by atoms with van der Waals surface area (Å²) < 4.78 is 5.80. The van der Waals surface area contributed by atoms with Crippen LogP contribution in [0.2, 0.25) is 0 Å². The number of likely N-dealkylation sites (tertiary alicyclic amines) is 1. The normalized spacial score (nSPS) is 18.9. The van der Waals surface area contributed by atoms with E-state index < -0.39 is 0 Å². The largest absolute Gasteiger partial charge is 0.443 e. The highest BCUT2D eigenvalue weighted by Crippen LogP contribution is 2.22. The topological polar surface area (TPSA) is 65.7 Å². The van der Waals surface area contributed by atoms with E-state index in [0.717, 1.165) is 30.7 Å². The highest BCUT2D eigenvalue weighted by atomic mass is 127. The molecule has 1 fully saturated rings. The molecule has 0 aromatic carbocycles. The monoisotopic (exact) mass is 491 g/mol. The third-order valence-electron chi connectivity index (χ3n) is 5.03. The van der Waals surface area contributed by atoms with Gasteiger partial charge in [0.2, 0.25) is 5.89 Å². The van der Waals surface area contributed by atoms with Crippen molar-refractivity contribution >= 4 is 29.9 Å². The Kier molecular flexibility index (Phi) is 10.7. The van der Waals surface area contributed by atoms with Crippen LogP contribution in [0.3, 0.4) is 0 Å². The average molecular weight is 491 g/mol. The molecule has 0 radical (unpaired) electrons. The first-order valence-corrected chi connectivity index (χ1v) is 10.0. The zero-order valence-corrected chi connectivity index (χ0v) is 20.0. The maximum absolute atomic E-state index is 5.80. The lowest BCUT2D eigenvalue weighted by Crippen LogP contribution is -2.39. The summed E-state index contributed by atoms with van der Waals surface area (Å²) in [5.41, 5.74) is -0.0168. The molecule has 1 aliphatic heterocycles. The van der Waals surface area contributed by atoms with Crippen LogP contribution in [-0.2, 0) is 12.0 Å². The van der Waals surface area contributed by atoms with Crippen LogP contribution in [0.1, 0.15) is 71.5 Å². The van der Waals surface area contributed by atoms with Gasteiger partial charge in [0.25, 0.3) is 0 Å². The molecule has 2 N–H and O–H groups in total. The second-order valence-corrected chi connectivity index (χ2v) is 8.31. The fourth-order valence-corrected chi connectivity index (χ4v) is 3.26. The zero-order chi connectivity index (χ0) is 19.0. The predicted molar refractivity (Wildman–Crippen MR) is 123 cm³/mol. The molecular formula is C20H38IN5O. The molecule has 1 unspecified atom stereocenters. The van der Waals surface area contributed by atoms with Crippen LogP contribution in [0.4, 0.5) is 0 Å². The summed E-state index contributed by atoms with van der Waals surface area (Å²) in [6, 6.07) is 0.755. The second kappa shape index (κ2) is 11.9. The first kappa shape index (κ1) is 24.2. The molecule has 1 aliphatic rings. The zero-order valence-electron chi connectivity index (χ0n) is 17.7. The van der Waals surface area contributed by atoms with Crippen molar-refractivity contribution in [2.24, 2.45) is 4.99 Å². The number of aromatic nitrogens is 1. The first-order chi connectivity index (χ1) is 12.4. The number of guanidine groups is 1. The number of nitrogens with one attached hydrogen (secondary N) is 2. The van der Waals surface area contributed by atoms with Gasteiger partial charge in [-0.05, 0) is 45.7 Å². The van der Waals surface area contributed by atoms with Crippen LogP contribution in [-0.4, -0.2) is 48.6 Å². The van der Waals surface area contributed by atoms with Gasteiger partial charge in [0.1, 0.15) is 5.76 Å². The lowest BCUT2D eigenvalue weighted by Gasteiger charge is -2.33. The van der Waals surface area contributed by atoms with E-state index in [1.807, 2.05) is 6.20 Å². The van der Waals surface area contributed by atoms with Crippen molar-refractivity contribution < 1.29 is 4.42 Å². The Hall–Kier alpha value is -0.830. The van der Waals surface area contributed by atoms with Gasteiger partial charge in [0, 0.05) is 25.0 Å². The van der Waals surface area contributed by atoms with E-state index in [1.165, 1.54) is 38.8 Å². The van der Waals surface area contributed by atoms with E-state index in [-0.39, 0.29) is 29.4 Å². The van der Waals surface area contributed by atoms with Gasteiger partial charge >= 0.3 is 0 Å². The Balaban J connectivity index is 0.00000364. The van der Waals surface area contributed by atoms with E-state index in [4.69, 9.17) is 4.42 Å². The number of hydrogen-bond acceptors (Lipinski definition) is 4. The third-order valence-corrected chi connectivity index (χ3v) is 5.03. The van der Waals surface area contributed by atoms with Crippen molar-refractivity contribution in [3.8, 4) is 0 Å². The lowest BCUT2D eigenvalue weighted by atomic mass is 9.94. The van der Waals surface area contributed by atoms with Crippen molar-refractivity contribution in [3.05, 3.63) is 17.8 Å². The number of hydrogen-bond donors (Lipinski definition) is 2. The summed E-state index contributed by atoms with van der Waals surface area (Å²) in [6.07, 6.45) is 8.29. The number of oxazole rings is 1. The van der Waals surface area contributed by atoms with Gasteiger partial charge in [-0.25, -0.2) is 4.98 Å². The van der Waals surface area contributed by atoms with Gasteiger partial charge in [-0.15, -0.1) is 24.0 Å².